The van der Waals surface area contributed by atoms with E-state index in [1.807, 2.05) is 19.1 Å². The Morgan fingerprint density at radius 2 is 2.56 bits per heavy atom. The molecule has 1 aliphatic rings. The summed E-state index contributed by atoms with van der Waals surface area (Å²) in [5.74, 6) is 0.837. The number of nitrogens with one attached hydrogen (secondary N) is 2. The molecule has 0 aromatic carbocycles. The van der Waals surface area contributed by atoms with Gasteiger partial charge in [0.1, 0.15) is 5.76 Å². The first-order valence-electron chi connectivity index (χ1n) is 6.44. The first kappa shape index (κ1) is 13.1. The third-order valence-corrected chi connectivity index (χ3v) is 3.33. The lowest BCUT2D eigenvalue weighted by Gasteiger charge is -2.33. The van der Waals surface area contributed by atoms with Crippen LogP contribution in [-0.2, 0) is 4.79 Å². The molecule has 0 spiro atoms. The number of piperazine rings is 1. The fourth-order valence-electron chi connectivity index (χ4n) is 2.20. The average molecular weight is 251 g/mol. The van der Waals surface area contributed by atoms with Crippen LogP contribution in [-0.4, -0.2) is 43.0 Å². The molecule has 0 aliphatic carbocycles. The van der Waals surface area contributed by atoms with Crippen molar-refractivity contribution in [3.05, 3.63) is 24.2 Å². The molecule has 1 saturated heterocycles. The molecule has 2 N–H and O–H groups in total. The van der Waals surface area contributed by atoms with Gasteiger partial charge in [-0.05, 0) is 26.0 Å². The standard InChI is InChI=1S/C13H21N3O2/c1-10-8-14-5-6-16(10)9-13(17)15-11(2)12-4-3-7-18-12/h3-4,7,10-11,14H,5-6,8-9H2,1-2H3,(H,15,17). The summed E-state index contributed by atoms with van der Waals surface area (Å²) in [6.07, 6.45) is 1.62. The van der Waals surface area contributed by atoms with Crippen molar-refractivity contribution < 1.29 is 9.21 Å². The SMILES string of the molecule is CC(NC(=O)CN1CCNCC1C)c1ccco1. The molecule has 1 fully saturated rings. The van der Waals surface area contributed by atoms with Gasteiger partial charge in [0.15, 0.2) is 0 Å². The number of carbonyl (C=O) groups is 1. The molecule has 0 radical (unpaired) electrons. The molecule has 1 aromatic rings. The third kappa shape index (κ3) is 3.34. The highest BCUT2D eigenvalue weighted by Gasteiger charge is 2.21. The summed E-state index contributed by atoms with van der Waals surface area (Å²) in [7, 11) is 0. The monoisotopic (exact) mass is 251 g/mol. The van der Waals surface area contributed by atoms with E-state index in [1.54, 1.807) is 6.26 Å². The number of furan rings is 1. The van der Waals surface area contributed by atoms with Gasteiger partial charge in [-0.1, -0.05) is 0 Å². The van der Waals surface area contributed by atoms with Gasteiger partial charge in [0, 0.05) is 25.7 Å². The highest BCUT2D eigenvalue weighted by atomic mass is 16.3. The highest BCUT2D eigenvalue weighted by molar-refractivity contribution is 5.78. The van der Waals surface area contributed by atoms with Crippen LogP contribution in [0.3, 0.4) is 0 Å². The van der Waals surface area contributed by atoms with Crippen molar-refractivity contribution in [1.82, 2.24) is 15.5 Å². The van der Waals surface area contributed by atoms with Gasteiger partial charge in [-0.3, -0.25) is 9.69 Å². The van der Waals surface area contributed by atoms with Crippen LogP contribution in [0.1, 0.15) is 25.6 Å². The molecule has 2 atom stereocenters. The molecule has 5 nitrogen and oxygen atoms in total. The van der Waals surface area contributed by atoms with Crippen LogP contribution in [0.15, 0.2) is 22.8 Å². The molecule has 2 unspecified atom stereocenters. The van der Waals surface area contributed by atoms with Gasteiger partial charge in [0.2, 0.25) is 5.91 Å². The zero-order valence-corrected chi connectivity index (χ0v) is 11.0. The van der Waals surface area contributed by atoms with E-state index in [1.165, 1.54) is 0 Å². The second kappa shape index (κ2) is 6.02. The molecule has 0 bridgehead atoms. The lowest BCUT2D eigenvalue weighted by molar-refractivity contribution is -0.123. The first-order valence-corrected chi connectivity index (χ1v) is 6.44. The number of carbonyl (C=O) groups excluding carboxylic acids is 1. The number of rotatable bonds is 4. The number of hydrogen-bond donors (Lipinski definition) is 2. The largest absolute Gasteiger partial charge is 0.467 e. The molecule has 18 heavy (non-hydrogen) atoms. The highest BCUT2D eigenvalue weighted by Crippen LogP contribution is 2.12. The predicted octanol–water partition coefficient (Wildman–Crippen LogP) is 0.750. The number of nitrogens with zero attached hydrogens (tertiary/aromatic N) is 1. The maximum atomic E-state index is 11.9. The Balaban J connectivity index is 1.81. The third-order valence-electron chi connectivity index (χ3n) is 3.33. The van der Waals surface area contributed by atoms with E-state index in [0.717, 1.165) is 25.4 Å². The van der Waals surface area contributed by atoms with Crippen LogP contribution in [0.5, 0.6) is 0 Å². The van der Waals surface area contributed by atoms with Crippen molar-refractivity contribution >= 4 is 5.91 Å². The van der Waals surface area contributed by atoms with E-state index in [2.05, 4.69) is 22.5 Å². The Hall–Kier alpha value is -1.33. The molecule has 2 rings (SSSR count). The summed E-state index contributed by atoms with van der Waals surface area (Å²) < 4.78 is 5.27. The summed E-state index contributed by atoms with van der Waals surface area (Å²) >= 11 is 0. The first-order chi connectivity index (χ1) is 8.66. The summed E-state index contributed by atoms with van der Waals surface area (Å²) in [4.78, 5) is 14.1. The van der Waals surface area contributed by atoms with Gasteiger partial charge in [0.25, 0.3) is 0 Å². The zero-order chi connectivity index (χ0) is 13.0. The smallest absolute Gasteiger partial charge is 0.234 e. The maximum absolute atomic E-state index is 11.9. The van der Waals surface area contributed by atoms with Crippen LogP contribution >= 0.6 is 0 Å². The van der Waals surface area contributed by atoms with Crippen LogP contribution in [0.2, 0.25) is 0 Å². The van der Waals surface area contributed by atoms with E-state index >= 15 is 0 Å². The van der Waals surface area contributed by atoms with Crippen molar-refractivity contribution in [2.75, 3.05) is 26.2 Å². The Bertz CT molecular complexity index is 378. The van der Waals surface area contributed by atoms with Crippen LogP contribution in [0, 0.1) is 0 Å². The van der Waals surface area contributed by atoms with E-state index < -0.39 is 0 Å². The Kier molecular flexibility index (Phi) is 4.38. The molecule has 1 amide bonds. The molecule has 0 saturated carbocycles. The minimum Gasteiger partial charge on any atom is -0.467 e. The summed E-state index contributed by atoms with van der Waals surface area (Å²) in [6.45, 7) is 7.33. The van der Waals surface area contributed by atoms with E-state index in [9.17, 15) is 4.79 Å². The minimum absolute atomic E-state index is 0.0488. The fourth-order valence-corrected chi connectivity index (χ4v) is 2.20. The van der Waals surface area contributed by atoms with Gasteiger partial charge < -0.3 is 15.1 Å². The van der Waals surface area contributed by atoms with Crippen LogP contribution in [0.25, 0.3) is 0 Å². The number of hydrogen-bond acceptors (Lipinski definition) is 4. The van der Waals surface area contributed by atoms with E-state index in [4.69, 9.17) is 4.42 Å². The van der Waals surface area contributed by atoms with Gasteiger partial charge in [0.05, 0.1) is 18.8 Å². The normalized spacial score (nSPS) is 22.7. The Labute approximate surface area is 108 Å². The van der Waals surface area contributed by atoms with Gasteiger partial charge in [-0.15, -0.1) is 0 Å². The topological polar surface area (TPSA) is 57.5 Å². The Morgan fingerprint density at radius 1 is 1.72 bits per heavy atom. The second-order valence-electron chi connectivity index (χ2n) is 4.83. The van der Waals surface area contributed by atoms with Crippen molar-refractivity contribution in [3.8, 4) is 0 Å². The summed E-state index contributed by atoms with van der Waals surface area (Å²) in [6, 6.07) is 4.03. The summed E-state index contributed by atoms with van der Waals surface area (Å²) in [5, 5.41) is 6.27. The number of amides is 1. The van der Waals surface area contributed by atoms with Gasteiger partial charge >= 0.3 is 0 Å². The predicted molar refractivity (Wildman–Crippen MR) is 69.2 cm³/mol. The van der Waals surface area contributed by atoms with Crippen molar-refractivity contribution in [3.63, 3.8) is 0 Å². The Morgan fingerprint density at radius 3 is 3.22 bits per heavy atom. The van der Waals surface area contributed by atoms with E-state index in [0.29, 0.717) is 12.6 Å². The lowest BCUT2D eigenvalue weighted by atomic mass is 10.2. The maximum Gasteiger partial charge on any atom is 0.234 e. The second-order valence-corrected chi connectivity index (χ2v) is 4.83. The molecule has 100 valence electrons. The van der Waals surface area contributed by atoms with E-state index in [-0.39, 0.29) is 11.9 Å². The van der Waals surface area contributed by atoms with Gasteiger partial charge in [-0.25, -0.2) is 0 Å². The molecule has 5 heteroatoms. The van der Waals surface area contributed by atoms with Crippen LogP contribution in [0.4, 0.5) is 0 Å². The fraction of sp³-hybridized carbons (Fsp3) is 0.615. The average Bonchev–Trinajstić information content (AvgIpc) is 2.85. The molecular formula is C13H21N3O2. The molecular weight excluding hydrogens is 230 g/mol. The molecule has 2 heterocycles. The summed E-state index contributed by atoms with van der Waals surface area (Å²) in [5.41, 5.74) is 0. The van der Waals surface area contributed by atoms with Crippen molar-refractivity contribution in [2.24, 2.45) is 0 Å². The molecule has 1 aromatic heterocycles. The minimum atomic E-state index is -0.0780. The van der Waals surface area contributed by atoms with Crippen molar-refractivity contribution in [2.45, 2.75) is 25.9 Å². The van der Waals surface area contributed by atoms with Gasteiger partial charge in [-0.2, -0.15) is 0 Å². The zero-order valence-electron chi connectivity index (χ0n) is 11.0. The van der Waals surface area contributed by atoms with Crippen molar-refractivity contribution in [1.29, 1.82) is 0 Å². The van der Waals surface area contributed by atoms with Crippen LogP contribution < -0.4 is 10.6 Å². The quantitative estimate of drug-likeness (QED) is 0.829. The lowest BCUT2D eigenvalue weighted by Crippen LogP contribution is -2.52. The molecule has 1 aliphatic heterocycles.